The Morgan fingerprint density at radius 3 is 2.46 bits per heavy atom. The van der Waals surface area contributed by atoms with E-state index in [1.54, 1.807) is 0 Å². The molecule has 0 heterocycles. The fourth-order valence-electron chi connectivity index (χ4n) is 2.08. The molecule has 0 spiro atoms. The highest BCUT2D eigenvalue weighted by Gasteiger charge is 2.16. The molecule has 24 heavy (non-hydrogen) atoms. The zero-order chi connectivity index (χ0) is 18.1. The summed E-state index contributed by atoms with van der Waals surface area (Å²) in [4.78, 5) is 28.3. The molecule has 0 aliphatic heterocycles. The van der Waals surface area contributed by atoms with Gasteiger partial charge in [-0.3, -0.25) is 4.79 Å². The third kappa shape index (κ3) is 7.70. The monoisotopic (exact) mass is 352 g/mol. The van der Waals surface area contributed by atoms with Crippen molar-refractivity contribution in [2.75, 3.05) is 44.8 Å². The van der Waals surface area contributed by atoms with E-state index in [9.17, 15) is 9.59 Å². The fraction of sp³-hybridized carbons (Fsp3) is 0.529. The Labute approximate surface area is 148 Å². The number of amides is 3. The second-order valence-electron chi connectivity index (χ2n) is 6.32. The number of nitrogens with one attached hydrogen (secondary N) is 1. The number of nitrogens with two attached hydrogens (primary N) is 1. The molecule has 7 heteroatoms. The van der Waals surface area contributed by atoms with Crippen molar-refractivity contribution in [1.29, 1.82) is 0 Å². The van der Waals surface area contributed by atoms with Gasteiger partial charge in [0.15, 0.2) is 0 Å². The molecule has 0 fully saturated rings. The molecule has 1 aromatic rings. The molecule has 6 nitrogen and oxygen atoms in total. The lowest BCUT2D eigenvalue weighted by molar-refractivity contribution is -0.115. The van der Waals surface area contributed by atoms with Crippen LogP contribution in [0.2, 0.25) is 0 Å². The van der Waals surface area contributed by atoms with Crippen LogP contribution < -0.4 is 11.1 Å². The van der Waals surface area contributed by atoms with E-state index in [4.69, 9.17) is 5.73 Å². The summed E-state index contributed by atoms with van der Waals surface area (Å²) in [6.07, 6.45) is 0. The average molecular weight is 353 g/mol. The molecule has 0 aromatic heterocycles. The van der Waals surface area contributed by atoms with E-state index in [1.807, 2.05) is 43.3 Å². The third-order valence-electron chi connectivity index (χ3n) is 3.19. The predicted molar refractivity (Wildman–Crippen MR) is 100 cm³/mol. The van der Waals surface area contributed by atoms with E-state index in [0.29, 0.717) is 24.7 Å². The lowest BCUT2D eigenvalue weighted by Gasteiger charge is -2.26. The Balaban J connectivity index is 2.80. The third-order valence-corrected chi connectivity index (χ3v) is 4.28. The zero-order valence-electron chi connectivity index (χ0n) is 14.9. The summed E-state index contributed by atoms with van der Waals surface area (Å²) in [5.41, 5.74) is 5.90. The van der Waals surface area contributed by atoms with Crippen molar-refractivity contribution in [3.05, 3.63) is 24.3 Å². The van der Waals surface area contributed by atoms with E-state index >= 15 is 0 Å². The largest absolute Gasteiger partial charge is 0.369 e. The quantitative estimate of drug-likeness (QED) is 0.669. The first kappa shape index (κ1) is 20.3. The van der Waals surface area contributed by atoms with Gasteiger partial charge in [-0.05, 0) is 32.1 Å². The Morgan fingerprint density at radius 1 is 1.21 bits per heavy atom. The topological polar surface area (TPSA) is 78.7 Å². The van der Waals surface area contributed by atoms with Gasteiger partial charge in [-0.1, -0.05) is 26.0 Å². The maximum atomic E-state index is 12.6. The molecule has 0 radical (unpaired) electrons. The maximum absolute atomic E-state index is 12.6. The van der Waals surface area contributed by atoms with Crippen LogP contribution >= 0.6 is 11.8 Å². The summed E-state index contributed by atoms with van der Waals surface area (Å²) in [6, 6.07) is 7.31. The molecule has 0 saturated carbocycles. The predicted octanol–water partition coefficient (Wildman–Crippen LogP) is 2.32. The van der Waals surface area contributed by atoms with Gasteiger partial charge in [0.25, 0.3) is 0 Å². The van der Waals surface area contributed by atoms with Gasteiger partial charge in [0.05, 0.1) is 11.4 Å². The van der Waals surface area contributed by atoms with E-state index in [2.05, 4.69) is 24.1 Å². The van der Waals surface area contributed by atoms with E-state index < -0.39 is 0 Å². The number of rotatable bonds is 9. The molecule has 3 N–H and O–H groups in total. The van der Waals surface area contributed by atoms with E-state index in [-0.39, 0.29) is 17.7 Å². The standard InChI is InChI=1S/C17H28N4O2S/c1-13(2)11-21(10-9-20(3)4)17(23)19-14-7-5-6-8-15(14)24-12-16(18)22/h5-8,13H,9-12H2,1-4H3,(H2,18,22)(H,19,23). The average Bonchev–Trinajstić information content (AvgIpc) is 2.49. The number of primary amides is 1. The minimum Gasteiger partial charge on any atom is -0.369 e. The van der Waals surface area contributed by atoms with Crippen LogP contribution in [-0.4, -0.2) is 61.2 Å². The number of nitrogens with zero attached hydrogens (tertiary/aromatic N) is 2. The molecule has 134 valence electrons. The van der Waals surface area contributed by atoms with Crippen LogP contribution in [0.25, 0.3) is 0 Å². The SMILES string of the molecule is CC(C)CN(CCN(C)C)C(=O)Nc1ccccc1SCC(N)=O. The van der Waals surface area contributed by atoms with Gasteiger partial charge in [0.1, 0.15) is 0 Å². The van der Waals surface area contributed by atoms with Crippen molar-refractivity contribution in [3.8, 4) is 0 Å². The smallest absolute Gasteiger partial charge is 0.321 e. The first-order valence-electron chi connectivity index (χ1n) is 8.00. The summed E-state index contributed by atoms with van der Waals surface area (Å²) in [6.45, 7) is 6.33. The number of thioether (sulfide) groups is 1. The molecule has 1 rings (SSSR count). The molecular formula is C17H28N4O2S. The van der Waals surface area contributed by atoms with Crippen LogP contribution in [0, 0.1) is 5.92 Å². The summed E-state index contributed by atoms with van der Waals surface area (Å²) < 4.78 is 0. The summed E-state index contributed by atoms with van der Waals surface area (Å²) in [7, 11) is 3.97. The van der Waals surface area contributed by atoms with Gasteiger partial charge < -0.3 is 20.9 Å². The van der Waals surface area contributed by atoms with E-state index in [1.165, 1.54) is 11.8 Å². The number of hydrogen-bond acceptors (Lipinski definition) is 4. The Bertz CT molecular complexity index is 549. The summed E-state index contributed by atoms with van der Waals surface area (Å²) in [5, 5.41) is 2.96. The fourth-order valence-corrected chi connectivity index (χ4v) is 2.82. The number of hydrogen-bond donors (Lipinski definition) is 2. The highest BCUT2D eigenvalue weighted by Crippen LogP contribution is 2.27. The molecule has 0 aliphatic rings. The number of para-hydroxylation sites is 1. The van der Waals surface area contributed by atoms with Crippen molar-refractivity contribution in [2.45, 2.75) is 18.7 Å². The van der Waals surface area contributed by atoms with Crippen LogP contribution in [0.5, 0.6) is 0 Å². The zero-order valence-corrected chi connectivity index (χ0v) is 15.7. The van der Waals surface area contributed by atoms with Gasteiger partial charge in [-0.2, -0.15) is 0 Å². The second kappa shape index (κ2) is 10.2. The normalized spacial score (nSPS) is 10.9. The molecule has 0 saturated heterocycles. The molecule has 0 unspecified atom stereocenters. The number of urea groups is 1. The van der Waals surface area contributed by atoms with Gasteiger partial charge in [0, 0.05) is 24.5 Å². The first-order valence-corrected chi connectivity index (χ1v) is 8.99. The molecule has 0 atom stereocenters. The number of carbonyl (C=O) groups is 2. The summed E-state index contributed by atoms with van der Waals surface area (Å²) >= 11 is 1.32. The van der Waals surface area contributed by atoms with E-state index in [0.717, 1.165) is 11.4 Å². The number of likely N-dealkylation sites (N-methyl/N-ethyl adjacent to an activating group) is 1. The Morgan fingerprint density at radius 2 is 1.88 bits per heavy atom. The maximum Gasteiger partial charge on any atom is 0.321 e. The minimum atomic E-state index is -0.381. The van der Waals surface area contributed by atoms with Crippen LogP contribution in [0.4, 0.5) is 10.5 Å². The lowest BCUT2D eigenvalue weighted by Crippen LogP contribution is -2.41. The highest BCUT2D eigenvalue weighted by molar-refractivity contribution is 8.00. The number of carbonyl (C=O) groups excluding carboxylic acids is 2. The van der Waals surface area contributed by atoms with Crippen LogP contribution in [-0.2, 0) is 4.79 Å². The van der Waals surface area contributed by atoms with Gasteiger partial charge in [-0.25, -0.2) is 4.79 Å². The Hall–Kier alpha value is -1.73. The van der Waals surface area contributed by atoms with Gasteiger partial charge >= 0.3 is 6.03 Å². The van der Waals surface area contributed by atoms with Crippen molar-refractivity contribution < 1.29 is 9.59 Å². The molecule has 0 aliphatic carbocycles. The van der Waals surface area contributed by atoms with Crippen molar-refractivity contribution in [1.82, 2.24) is 9.80 Å². The molecule has 0 bridgehead atoms. The molecular weight excluding hydrogens is 324 g/mol. The second-order valence-corrected chi connectivity index (χ2v) is 7.34. The molecule has 1 aromatic carbocycles. The number of anilines is 1. The van der Waals surface area contributed by atoms with Crippen molar-refractivity contribution in [3.63, 3.8) is 0 Å². The summed E-state index contributed by atoms with van der Waals surface area (Å²) in [5.74, 6) is 0.189. The minimum absolute atomic E-state index is 0.127. The highest BCUT2D eigenvalue weighted by atomic mass is 32.2. The number of benzene rings is 1. The van der Waals surface area contributed by atoms with Crippen molar-refractivity contribution in [2.24, 2.45) is 11.7 Å². The lowest BCUT2D eigenvalue weighted by atomic mass is 10.2. The van der Waals surface area contributed by atoms with Gasteiger partial charge in [0.2, 0.25) is 5.91 Å². The van der Waals surface area contributed by atoms with Crippen LogP contribution in [0.15, 0.2) is 29.2 Å². The Kier molecular flexibility index (Phi) is 8.63. The van der Waals surface area contributed by atoms with Crippen molar-refractivity contribution >= 4 is 29.4 Å². The first-order chi connectivity index (χ1) is 11.3. The van der Waals surface area contributed by atoms with Crippen LogP contribution in [0.1, 0.15) is 13.8 Å². The van der Waals surface area contributed by atoms with Crippen LogP contribution in [0.3, 0.4) is 0 Å². The molecule has 3 amide bonds. The van der Waals surface area contributed by atoms with Gasteiger partial charge in [-0.15, -0.1) is 11.8 Å².